The van der Waals surface area contributed by atoms with Gasteiger partial charge in [-0.25, -0.2) is 0 Å². The molecule has 31 heavy (non-hydrogen) atoms. The van der Waals surface area contributed by atoms with Gasteiger partial charge in [0.25, 0.3) is 0 Å². The van der Waals surface area contributed by atoms with Crippen LogP contribution in [0.4, 0.5) is 0 Å². The number of hydrogen-bond acceptors (Lipinski definition) is 3. The smallest absolute Gasteiger partial charge is 0.233 e. The molecule has 5 heteroatoms. The van der Waals surface area contributed by atoms with E-state index in [4.69, 9.17) is 0 Å². The fraction of sp³-hybridized carbons (Fsp3) is 0.500. The second-order valence-corrected chi connectivity index (χ2v) is 9.14. The van der Waals surface area contributed by atoms with Crippen molar-refractivity contribution in [2.24, 2.45) is 5.92 Å². The minimum atomic E-state index is -0.341. The molecule has 0 atom stereocenters. The lowest BCUT2D eigenvalue weighted by molar-refractivity contribution is -0.139. The molecule has 0 spiro atoms. The van der Waals surface area contributed by atoms with Crippen molar-refractivity contribution in [1.29, 1.82) is 0 Å². The van der Waals surface area contributed by atoms with E-state index in [1.165, 1.54) is 5.56 Å². The Hall–Kier alpha value is -2.69. The van der Waals surface area contributed by atoms with Crippen molar-refractivity contribution in [2.75, 3.05) is 13.1 Å². The molecule has 1 aromatic carbocycles. The van der Waals surface area contributed by atoms with Gasteiger partial charge in [0, 0.05) is 25.2 Å². The van der Waals surface area contributed by atoms with Gasteiger partial charge in [0.15, 0.2) is 0 Å². The van der Waals surface area contributed by atoms with Crippen LogP contribution in [0.15, 0.2) is 48.5 Å². The van der Waals surface area contributed by atoms with Crippen LogP contribution in [0.2, 0.25) is 0 Å². The number of likely N-dealkylation sites (tertiary alicyclic amines) is 1. The Kier molecular flexibility index (Phi) is 6.69. The third kappa shape index (κ3) is 4.97. The lowest BCUT2D eigenvalue weighted by Gasteiger charge is -2.38. The second kappa shape index (κ2) is 9.63. The van der Waals surface area contributed by atoms with Crippen LogP contribution in [-0.4, -0.2) is 34.8 Å². The topological polar surface area (TPSA) is 62.3 Å². The Morgan fingerprint density at radius 1 is 1.03 bits per heavy atom. The number of benzene rings is 1. The summed E-state index contributed by atoms with van der Waals surface area (Å²) < 4.78 is 0. The number of nitrogens with zero attached hydrogens (tertiary/aromatic N) is 2. The first kappa shape index (κ1) is 21.5. The fourth-order valence-corrected chi connectivity index (χ4v) is 5.23. The lowest BCUT2D eigenvalue weighted by Crippen LogP contribution is -2.48. The van der Waals surface area contributed by atoms with Gasteiger partial charge in [-0.2, -0.15) is 0 Å². The second-order valence-electron chi connectivity index (χ2n) is 9.14. The van der Waals surface area contributed by atoms with E-state index in [2.05, 4.69) is 27.3 Å². The first-order valence-corrected chi connectivity index (χ1v) is 11.6. The molecular formula is C26H33N3O2. The van der Waals surface area contributed by atoms with E-state index in [-0.39, 0.29) is 11.3 Å². The quantitative estimate of drug-likeness (QED) is 0.765. The molecule has 0 unspecified atom stereocenters. The minimum absolute atomic E-state index is 0.0737. The van der Waals surface area contributed by atoms with Crippen LogP contribution in [0.25, 0.3) is 0 Å². The summed E-state index contributed by atoms with van der Waals surface area (Å²) in [5, 5.41) is 3.00. The van der Waals surface area contributed by atoms with E-state index in [1.54, 1.807) is 0 Å². The average Bonchev–Trinajstić information content (AvgIpc) is 3.30. The third-order valence-electron chi connectivity index (χ3n) is 6.98. The molecule has 2 aromatic rings. The summed E-state index contributed by atoms with van der Waals surface area (Å²) in [5.41, 5.74) is 2.67. The van der Waals surface area contributed by atoms with Gasteiger partial charge < -0.3 is 10.2 Å². The highest BCUT2D eigenvalue weighted by Crippen LogP contribution is 2.43. The number of amides is 2. The molecule has 1 aliphatic heterocycles. The van der Waals surface area contributed by atoms with E-state index in [9.17, 15) is 9.59 Å². The molecule has 4 rings (SSSR count). The maximum absolute atomic E-state index is 13.6. The van der Waals surface area contributed by atoms with Crippen molar-refractivity contribution in [3.63, 3.8) is 0 Å². The maximum Gasteiger partial charge on any atom is 0.233 e. The van der Waals surface area contributed by atoms with E-state index in [0.717, 1.165) is 63.0 Å². The molecule has 1 aromatic heterocycles. The summed E-state index contributed by atoms with van der Waals surface area (Å²) in [5.74, 6) is 0.708. The number of aromatic nitrogens is 1. The summed E-state index contributed by atoms with van der Waals surface area (Å²) in [7, 11) is 0. The summed E-state index contributed by atoms with van der Waals surface area (Å²) >= 11 is 0. The summed E-state index contributed by atoms with van der Waals surface area (Å²) in [4.78, 5) is 32.5. The Bertz CT molecular complexity index is 898. The Morgan fingerprint density at radius 2 is 1.74 bits per heavy atom. The van der Waals surface area contributed by atoms with E-state index < -0.39 is 0 Å². The molecule has 1 saturated heterocycles. The lowest BCUT2D eigenvalue weighted by atomic mass is 9.77. The number of rotatable bonds is 6. The molecule has 2 amide bonds. The average molecular weight is 420 g/mol. The largest absolute Gasteiger partial charge is 0.350 e. The van der Waals surface area contributed by atoms with Gasteiger partial charge in [-0.15, -0.1) is 0 Å². The van der Waals surface area contributed by atoms with Gasteiger partial charge in [0.2, 0.25) is 11.8 Å². The molecule has 5 nitrogen and oxygen atoms in total. The summed E-state index contributed by atoms with van der Waals surface area (Å²) in [6, 6.07) is 16.2. The van der Waals surface area contributed by atoms with Gasteiger partial charge in [-0.3, -0.25) is 14.6 Å². The minimum Gasteiger partial charge on any atom is -0.350 e. The van der Waals surface area contributed by atoms with Crippen molar-refractivity contribution in [3.05, 3.63) is 65.5 Å². The molecule has 1 aliphatic carbocycles. The number of piperidine rings is 1. The first-order chi connectivity index (χ1) is 15.1. The van der Waals surface area contributed by atoms with Crippen LogP contribution in [0.5, 0.6) is 0 Å². The third-order valence-corrected chi connectivity index (χ3v) is 6.98. The molecule has 1 saturated carbocycles. The molecule has 0 bridgehead atoms. The van der Waals surface area contributed by atoms with Crippen molar-refractivity contribution in [2.45, 2.75) is 63.8 Å². The molecule has 2 fully saturated rings. The highest BCUT2D eigenvalue weighted by Gasteiger charge is 2.45. The normalized spacial score (nSPS) is 18.7. The molecule has 2 heterocycles. The van der Waals surface area contributed by atoms with Crippen LogP contribution in [0.3, 0.4) is 0 Å². The van der Waals surface area contributed by atoms with Gasteiger partial charge >= 0.3 is 0 Å². The number of carbonyl (C=O) groups excluding carboxylic acids is 2. The van der Waals surface area contributed by atoms with Crippen LogP contribution in [0, 0.1) is 12.8 Å². The summed E-state index contributed by atoms with van der Waals surface area (Å²) in [6.07, 6.45) is 6.45. The van der Waals surface area contributed by atoms with Gasteiger partial charge in [-0.1, -0.05) is 49.2 Å². The first-order valence-electron chi connectivity index (χ1n) is 11.6. The molecule has 2 aliphatic rings. The molecule has 1 N–H and O–H groups in total. The number of hydrogen-bond donors (Lipinski definition) is 1. The van der Waals surface area contributed by atoms with E-state index >= 15 is 0 Å². The van der Waals surface area contributed by atoms with Crippen molar-refractivity contribution >= 4 is 11.8 Å². The molecule has 164 valence electrons. The van der Waals surface area contributed by atoms with Crippen molar-refractivity contribution < 1.29 is 9.59 Å². The van der Waals surface area contributed by atoms with Gasteiger partial charge in [0.1, 0.15) is 0 Å². The predicted molar refractivity (Wildman–Crippen MR) is 121 cm³/mol. The zero-order chi connectivity index (χ0) is 21.7. The highest BCUT2D eigenvalue weighted by atomic mass is 16.2. The molecular weight excluding hydrogens is 386 g/mol. The van der Waals surface area contributed by atoms with E-state index in [0.29, 0.717) is 24.8 Å². The van der Waals surface area contributed by atoms with Crippen LogP contribution in [-0.2, 0) is 21.5 Å². The van der Waals surface area contributed by atoms with Crippen LogP contribution >= 0.6 is 0 Å². The molecule has 0 radical (unpaired) electrons. The summed E-state index contributed by atoms with van der Waals surface area (Å²) in [6.45, 7) is 3.93. The maximum atomic E-state index is 13.6. The van der Waals surface area contributed by atoms with Crippen molar-refractivity contribution in [1.82, 2.24) is 15.2 Å². The Labute approximate surface area is 185 Å². The van der Waals surface area contributed by atoms with Gasteiger partial charge in [-0.05, 0) is 56.2 Å². The number of pyridine rings is 1. The monoisotopic (exact) mass is 419 g/mol. The predicted octanol–water partition coefficient (Wildman–Crippen LogP) is 4.15. The van der Waals surface area contributed by atoms with Gasteiger partial charge in [0.05, 0.1) is 17.7 Å². The van der Waals surface area contributed by atoms with Crippen LogP contribution < -0.4 is 5.32 Å². The SMILES string of the molecule is Cc1cccc(CNC(=O)CC2CCN(C(=O)C3(c4ccccc4)CCCC3)CC2)n1. The zero-order valence-corrected chi connectivity index (χ0v) is 18.5. The highest BCUT2D eigenvalue weighted by molar-refractivity contribution is 5.88. The van der Waals surface area contributed by atoms with Crippen LogP contribution in [0.1, 0.15) is 61.9 Å². The fourth-order valence-electron chi connectivity index (χ4n) is 5.23. The Balaban J connectivity index is 1.29. The van der Waals surface area contributed by atoms with Crippen molar-refractivity contribution in [3.8, 4) is 0 Å². The van der Waals surface area contributed by atoms with E-state index in [1.807, 2.05) is 43.3 Å². The number of carbonyl (C=O) groups is 2. The number of aryl methyl sites for hydroxylation is 1. The standard InChI is InChI=1S/C26H33N3O2/c1-20-8-7-11-23(28-20)19-27-24(30)18-21-12-16-29(17-13-21)25(31)26(14-5-6-15-26)22-9-3-2-4-10-22/h2-4,7-11,21H,5-6,12-19H2,1H3,(H,27,30). The zero-order valence-electron chi connectivity index (χ0n) is 18.5. The number of nitrogens with one attached hydrogen (secondary N) is 1. The Morgan fingerprint density at radius 3 is 2.42 bits per heavy atom.